The highest BCUT2D eigenvalue weighted by molar-refractivity contribution is 4.91. The Morgan fingerprint density at radius 3 is 2.30 bits per heavy atom. The molecule has 2 nitrogen and oxygen atoms in total. The topological polar surface area (TPSA) is 47.6 Å². The highest BCUT2D eigenvalue weighted by Crippen LogP contribution is 2.20. The van der Waals surface area contributed by atoms with E-state index in [2.05, 4.69) is 12.1 Å². The average Bonchev–Trinajstić information content (AvgIpc) is 1.89. The smallest absolute Gasteiger partial charge is 0.0683 e. The van der Waals surface area contributed by atoms with Crippen molar-refractivity contribution >= 4 is 0 Å². The molecule has 0 saturated heterocycles. The van der Waals surface area contributed by atoms with Gasteiger partial charge in [0.1, 0.15) is 0 Å². The van der Waals surface area contributed by atoms with Crippen molar-refractivity contribution in [2.75, 3.05) is 0 Å². The van der Waals surface area contributed by atoms with E-state index in [1.165, 1.54) is 0 Å². The van der Waals surface area contributed by atoms with Gasteiger partial charge in [-0.1, -0.05) is 0 Å². The minimum Gasteiger partial charge on any atom is -0.198 e. The van der Waals surface area contributed by atoms with Gasteiger partial charge in [0.2, 0.25) is 0 Å². The van der Waals surface area contributed by atoms with Crippen LogP contribution >= 0.6 is 0 Å². The Morgan fingerprint density at radius 2 is 1.90 bits per heavy atom. The first-order chi connectivity index (χ1) is 4.62. The third-order valence-electron chi connectivity index (χ3n) is 1.39. The number of unbranched alkanes of at least 4 members (excludes halogenated alkanes) is 1. The van der Waals surface area contributed by atoms with E-state index in [1.54, 1.807) is 0 Å². The molecule has 54 valence electrons. The van der Waals surface area contributed by atoms with Crippen LogP contribution in [-0.2, 0) is 0 Å². The van der Waals surface area contributed by atoms with Gasteiger partial charge in [-0.3, -0.25) is 0 Å². The summed E-state index contributed by atoms with van der Waals surface area (Å²) in [5.74, 6) is 0. The summed E-state index contributed by atoms with van der Waals surface area (Å²) in [5.41, 5.74) is -0.253. The van der Waals surface area contributed by atoms with E-state index in [1.807, 2.05) is 13.8 Å². The van der Waals surface area contributed by atoms with Crippen LogP contribution in [0.3, 0.4) is 0 Å². The lowest BCUT2D eigenvalue weighted by Gasteiger charge is -2.12. The molecule has 0 aromatic heterocycles. The van der Waals surface area contributed by atoms with Gasteiger partial charge in [-0.2, -0.15) is 10.5 Å². The Kier molecular flexibility index (Phi) is 3.51. The minimum atomic E-state index is -0.253. The fourth-order valence-corrected chi connectivity index (χ4v) is 0.665. The zero-order valence-corrected chi connectivity index (χ0v) is 6.52. The molecule has 0 N–H and O–H groups in total. The zero-order valence-electron chi connectivity index (χ0n) is 6.52. The molecule has 0 spiro atoms. The summed E-state index contributed by atoms with van der Waals surface area (Å²) >= 11 is 0. The summed E-state index contributed by atoms with van der Waals surface area (Å²) in [4.78, 5) is 0. The summed E-state index contributed by atoms with van der Waals surface area (Å²) < 4.78 is 0. The molecule has 0 aliphatic heterocycles. The first-order valence-corrected chi connectivity index (χ1v) is 3.40. The first kappa shape index (κ1) is 8.98. The Hall–Kier alpha value is -1.02. The van der Waals surface area contributed by atoms with Gasteiger partial charge < -0.3 is 0 Å². The van der Waals surface area contributed by atoms with Crippen LogP contribution in [0.2, 0.25) is 0 Å². The Labute approximate surface area is 62.1 Å². The van der Waals surface area contributed by atoms with Gasteiger partial charge in [0.05, 0.1) is 17.6 Å². The van der Waals surface area contributed by atoms with Crippen molar-refractivity contribution < 1.29 is 0 Å². The Bertz CT molecular complexity index is 169. The monoisotopic (exact) mass is 136 g/mol. The molecule has 0 heterocycles. The van der Waals surface area contributed by atoms with Gasteiger partial charge in [-0.25, -0.2) is 0 Å². The van der Waals surface area contributed by atoms with Gasteiger partial charge >= 0.3 is 0 Å². The van der Waals surface area contributed by atoms with E-state index >= 15 is 0 Å². The summed E-state index contributed by atoms with van der Waals surface area (Å²) in [6.07, 6.45) is 2.21. The van der Waals surface area contributed by atoms with E-state index in [4.69, 9.17) is 10.5 Å². The molecule has 0 aliphatic rings. The lowest BCUT2D eigenvalue weighted by Crippen LogP contribution is -2.06. The lowest BCUT2D eigenvalue weighted by atomic mass is 9.89. The lowest BCUT2D eigenvalue weighted by molar-refractivity contribution is 0.438. The molecule has 0 saturated carbocycles. The van der Waals surface area contributed by atoms with Crippen LogP contribution in [0.4, 0.5) is 0 Å². The number of hydrogen-bond acceptors (Lipinski definition) is 2. The van der Waals surface area contributed by atoms with Crippen LogP contribution in [0, 0.1) is 28.1 Å². The van der Waals surface area contributed by atoms with E-state index in [9.17, 15) is 0 Å². The van der Waals surface area contributed by atoms with E-state index in [0.717, 1.165) is 12.8 Å². The van der Waals surface area contributed by atoms with E-state index < -0.39 is 0 Å². The van der Waals surface area contributed by atoms with Gasteiger partial charge in [0.25, 0.3) is 0 Å². The first-order valence-electron chi connectivity index (χ1n) is 3.40. The molecule has 0 aliphatic carbocycles. The maximum Gasteiger partial charge on any atom is 0.0683 e. The quantitative estimate of drug-likeness (QED) is 0.558. The normalized spacial score (nSPS) is 10.0. The van der Waals surface area contributed by atoms with Crippen molar-refractivity contribution in [1.29, 1.82) is 10.5 Å². The van der Waals surface area contributed by atoms with Crippen molar-refractivity contribution in [3.8, 4) is 12.1 Å². The van der Waals surface area contributed by atoms with Crippen molar-refractivity contribution in [3.63, 3.8) is 0 Å². The molecule has 0 unspecified atom stereocenters. The largest absolute Gasteiger partial charge is 0.198 e. The number of hydrogen-bond donors (Lipinski definition) is 0. The Balaban J connectivity index is 3.52. The summed E-state index contributed by atoms with van der Waals surface area (Å²) in [7, 11) is 0. The van der Waals surface area contributed by atoms with Crippen LogP contribution in [0.15, 0.2) is 0 Å². The molecule has 10 heavy (non-hydrogen) atoms. The standard InChI is InChI=1S/C8H12N2/c1-8(2,7-10)5-3-4-6-9/h3-5H2,1-2H3. The molecule has 0 rings (SSSR count). The fourth-order valence-electron chi connectivity index (χ4n) is 0.665. The predicted octanol–water partition coefficient (Wildman–Crippen LogP) is 2.23. The summed E-state index contributed by atoms with van der Waals surface area (Å²) in [5, 5.41) is 16.8. The van der Waals surface area contributed by atoms with Crippen LogP contribution < -0.4 is 0 Å². The van der Waals surface area contributed by atoms with Gasteiger partial charge in [0, 0.05) is 6.42 Å². The second-order valence-corrected chi connectivity index (χ2v) is 3.01. The molecular formula is C8H12N2. The second-order valence-electron chi connectivity index (χ2n) is 3.01. The predicted molar refractivity (Wildman–Crippen MR) is 38.9 cm³/mol. The maximum absolute atomic E-state index is 8.56. The number of rotatable bonds is 3. The van der Waals surface area contributed by atoms with Crippen molar-refractivity contribution in [3.05, 3.63) is 0 Å². The molecule has 0 aromatic carbocycles. The summed E-state index contributed by atoms with van der Waals surface area (Å²) in [6.45, 7) is 3.79. The zero-order chi connectivity index (χ0) is 8.04. The van der Waals surface area contributed by atoms with Gasteiger partial charge in [0.15, 0.2) is 0 Å². The number of nitrogens with zero attached hydrogens (tertiary/aromatic N) is 2. The van der Waals surface area contributed by atoms with Crippen molar-refractivity contribution in [1.82, 2.24) is 0 Å². The van der Waals surface area contributed by atoms with E-state index in [0.29, 0.717) is 6.42 Å². The average molecular weight is 136 g/mol. The second kappa shape index (κ2) is 3.90. The summed E-state index contributed by atoms with van der Waals surface area (Å²) in [6, 6.07) is 4.25. The maximum atomic E-state index is 8.56. The van der Waals surface area contributed by atoms with Crippen molar-refractivity contribution in [2.24, 2.45) is 5.41 Å². The van der Waals surface area contributed by atoms with Crippen molar-refractivity contribution in [2.45, 2.75) is 33.1 Å². The molecule has 0 radical (unpaired) electrons. The van der Waals surface area contributed by atoms with Crippen LogP contribution in [-0.4, -0.2) is 0 Å². The van der Waals surface area contributed by atoms with Gasteiger partial charge in [-0.15, -0.1) is 0 Å². The molecule has 0 aromatic rings. The fraction of sp³-hybridized carbons (Fsp3) is 0.750. The van der Waals surface area contributed by atoms with E-state index in [-0.39, 0.29) is 5.41 Å². The van der Waals surface area contributed by atoms with Gasteiger partial charge in [-0.05, 0) is 26.7 Å². The molecule has 0 amide bonds. The molecular weight excluding hydrogens is 124 g/mol. The van der Waals surface area contributed by atoms with Crippen LogP contribution in [0.1, 0.15) is 33.1 Å². The Morgan fingerprint density at radius 1 is 1.30 bits per heavy atom. The highest BCUT2D eigenvalue weighted by Gasteiger charge is 2.14. The number of nitriles is 2. The molecule has 0 bridgehead atoms. The molecule has 2 heteroatoms. The third-order valence-corrected chi connectivity index (χ3v) is 1.39. The van der Waals surface area contributed by atoms with Crippen LogP contribution in [0.5, 0.6) is 0 Å². The third kappa shape index (κ3) is 3.92. The molecule has 0 fully saturated rings. The highest BCUT2D eigenvalue weighted by atomic mass is 14.3. The minimum absolute atomic E-state index is 0.253. The molecule has 0 atom stereocenters. The SMILES string of the molecule is CC(C)(C#N)CCCC#N. The van der Waals surface area contributed by atoms with Crippen LogP contribution in [0.25, 0.3) is 0 Å².